The number of pyridine rings is 1. The first-order valence-corrected chi connectivity index (χ1v) is 7.40. The molecule has 0 radical (unpaired) electrons. The highest BCUT2D eigenvalue weighted by Crippen LogP contribution is 2.26. The number of piperidine rings is 1. The molecule has 0 unspecified atom stereocenters. The lowest BCUT2D eigenvalue weighted by Crippen LogP contribution is -2.42. The first kappa shape index (κ1) is 13.8. The minimum absolute atomic E-state index is 0.632. The van der Waals surface area contributed by atoms with Gasteiger partial charge in [-0.25, -0.2) is 4.98 Å². The SMILES string of the molecule is CN(C)C1CCN(c2nc3ccccc3cc2C#N)CC1. The maximum atomic E-state index is 9.42. The molecule has 3 rings (SSSR count). The fourth-order valence-corrected chi connectivity index (χ4v) is 3.02. The molecule has 4 nitrogen and oxygen atoms in total. The summed E-state index contributed by atoms with van der Waals surface area (Å²) >= 11 is 0. The molecular weight excluding hydrogens is 260 g/mol. The van der Waals surface area contributed by atoms with Crippen LogP contribution in [0.25, 0.3) is 10.9 Å². The minimum Gasteiger partial charge on any atom is -0.355 e. The van der Waals surface area contributed by atoms with Crippen molar-refractivity contribution in [3.05, 3.63) is 35.9 Å². The van der Waals surface area contributed by atoms with Gasteiger partial charge in [0.05, 0.1) is 11.1 Å². The predicted molar refractivity (Wildman–Crippen MR) is 85.4 cm³/mol. The summed E-state index contributed by atoms with van der Waals surface area (Å²) in [4.78, 5) is 9.27. The van der Waals surface area contributed by atoms with Gasteiger partial charge >= 0.3 is 0 Å². The molecule has 21 heavy (non-hydrogen) atoms. The average Bonchev–Trinajstić information content (AvgIpc) is 2.53. The van der Waals surface area contributed by atoms with Gasteiger partial charge < -0.3 is 9.80 Å². The third kappa shape index (κ3) is 2.70. The van der Waals surface area contributed by atoms with Gasteiger partial charge in [0.2, 0.25) is 0 Å². The van der Waals surface area contributed by atoms with Gasteiger partial charge in [-0.05, 0) is 39.1 Å². The third-order valence-electron chi connectivity index (χ3n) is 4.32. The Morgan fingerprint density at radius 2 is 1.95 bits per heavy atom. The molecule has 108 valence electrons. The van der Waals surface area contributed by atoms with Crippen LogP contribution in [0.3, 0.4) is 0 Å². The second kappa shape index (κ2) is 5.71. The molecule has 2 heterocycles. The van der Waals surface area contributed by atoms with E-state index in [2.05, 4.69) is 30.0 Å². The molecule has 1 saturated heterocycles. The number of aromatic nitrogens is 1. The molecule has 1 aliphatic rings. The number of nitriles is 1. The van der Waals surface area contributed by atoms with Crippen molar-refractivity contribution < 1.29 is 0 Å². The summed E-state index contributed by atoms with van der Waals surface area (Å²) in [5.74, 6) is 0.841. The number of rotatable bonds is 2. The first-order chi connectivity index (χ1) is 10.2. The van der Waals surface area contributed by atoms with Crippen LogP contribution in [-0.2, 0) is 0 Å². The molecule has 0 bridgehead atoms. The maximum absolute atomic E-state index is 9.42. The first-order valence-electron chi connectivity index (χ1n) is 7.40. The van der Waals surface area contributed by atoms with Crippen LogP contribution in [0.2, 0.25) is 0 Å². The van der Waals surface area contributed by atoms with Gasteiger partial charge in [-0.3, -0.25) is 0 Å². The lowest BCUT2D eigenvalue weighted by molar-refractivity contribution is 0.249. The van der Waals surface area contributed by atoms with E-state index in [1.54, 1.807) is 0 Å². The van der Waals surface area contributed by atoms with Crippen molar-refractivity contribution in [1.82, 2.24) is 9.88 Å². The number of benzene rings is 1. The molecule has 0 spiro atoms. The van der Waals surface area contributed by atoms with E-state index in [9.17, 15) is 5.26 Å². The largest absolute Gasteiger partial charge is 0.355 e. The van der Waals surface area contributed by atoms with E-state index < -0.39 is 0 Å². The molecule has 1 aliphatic heterocycles. The second-order valence-electron chi connectivity index (χ2n) is 5.85. The molecule has 2 aromatic rings. The van der Waals surface area contributed by atoms with Gasteiger partial charge in [-0.1, -0.05) is 18.2 Å². The zero-order chi connectivity index (χ0) is 14.8. The number of fused-ring (bicyclic) bond motifs is 1. The van der Waals surface area contributed by atoms with Crippen molar-refractivity contribution >= 4 is 16.7 Å². The highest BCUT2D eigenvalue weighted by Gasteiger charge is 2.23. The van der Waals surface area contributed by atoms with Crippen molar-refractivity contribution in [3.8, 4) is 6.07 Å². The van der Waals surface area contributed by atoms with Gasteiger partial charge in [0.1, 0.15) is 11.9 Å². The monoisotopic (exact) mass is 280 g/mol. The maximum Gasteiger partial charge on any atom is 0.147 e. The highest BCUT2D eigenvalue weighted by atomic mass is 15.2. The van der Waals surface area contributed by atoms with E-state index in [1.807, 2.05) is 30.3 Å². The molecule has 0 N–H and O–H groups in total. The van der Waals surface area contributed by atoms with Crippen LogP contribution in [0.15, 0.2) is 30.3 Å². The highest BCUT2D eigenvalue weighted by molar-refractivity contribution is 5.83. The number of nitrogens with zero attached hydrogens (tertiary/aromatic N) is 4. The van der Waals surface area contributed by atoms with Gasteiger partial charge in [0.15, 0.2) is 0 Å². The quantitative estimate of drug-likeness (QED) is 0.848. The van der Waals surface area contributed by atoms with Crippen molar-refractivity contribution in [1.29, 1.82) is 5.26 Å². The normalized spacial score (nSPS) is 16.4. The smallest absolute Gasteiger partial charge is 0.147 e. The van der Waals surface area contributed by atoms with Gasteiger partial charge in [0, 0.05) is 24.5 Å². The summed E-state index contributed by atoms with van der Waals surface area (Å²) in [6.45, 7) is 1.92. The standard InChI is InChI=1S/C17H20N4/c1-20(2)15-7-9-21(10-8-15)17-14(12-18)11-13-5-3-4-6-16(13)19-17/h3-6,11,15H,7-10H2,1-2H3. The van der Waals surface area contributed by atoms with Crippen molar-refractivity contribution in [2.75, 3.05) is 32.1 Å². The van der Waals surface area contributed by atoms with E-state index >= 15 is 0 Å². The van der Waals surface area contributed by atoms with Gasteiger partial charge in [-0.2, -0.15) is 5.26 Å². The zero-order valence-corrected chi connectivity index (χ0v) is 12.6. The summed E-state index contributed by atoms with van der Waals surface area (Å²) in [5.41, 5.74) is 1.64. The fraction of sp³-hybridized carbons (Fsp3) is 0.412. The van der Waals surface area contributed by atoms with Crippen LogP contribution >= 0.6 is 0 Å². The van der Waals surface area contributed by atoms with Crippen molar-refractivity contribution in [3.63, 3.8) is 0 Å². The van der Waals surface area contributed by atoms with Crippen LogP contribution in [0.4, 0.5) is 5.82 Å². The van der Waals surface area contributed by atoms with Crippen molar-refractivity contribution in [2.24, 2.45) is 0 Å². The second-order valence-corrected chi connectivity index (χ2v) is 5.85. The molecule has 0 amide bonds. The van der Waals surface area contributed by atoms with E-state index in [0.717, 1.165) is 42.7 Å². The summed E-state index contributed by atoms with van der Waals surface area (Å²) in [6.07, 6.45) is 2.23. The Morgan fingerprint density at radius 3 is 2.62 bits per heavy atom. The molecular formula is C17H20N4. The van der Waals surface area contributed by atoms with Crippen LogP contribution in [0, 0.1) is 11.3 Å². The van der Waals surface area contributed by atoms with E-state index in [-0.39, 0.29) is 0 Å². The Balaban J connectivity index is 1.92. The number of para-hydroxylation sites is 1. The number of hydrogen-bond donors (Lipinski definition) is 0. The van der Waals surface area contributed by atoms with E-state index in [1.165, 1.54) is 0 Å². The molecule has 0 aliphatic carbocycles. The number of anilines is 1. The Labute approximate surface area is 125 Å². The van der Waals surface area contributed by atoms with Gasteiger partial charge in [0.25, 0.3) is 0 Å². The lowest BCUT2D eigenvalue weighted by Gasteiger charge is -2.36. The molecule has 1 fully saturated rings. The Morgan fingerprint density at radius 1 is 1.24 bits per heavy atom. The van der Waals surface area contributed by atoms with Crippen LogP contribution < -0.4 is 4.90 Å². The summed E-state index contributed by atoms with van der Waals surface area (Å²) in [7, 11) is 4.27. The fourth-order valence-electron chi connectivity index (χ4n) is 3.02. The summed E-state index contributed by atoms with van der Waals surface area (Å²) in [5, 5.41) is 10.5. The average molecular weight is 280 g/mol. The Bertz CT molecular complexity index is 679. The van der Waals surface area contributed by atoms with Crippen LogP contribution in [0.5, 0.6) is 0 Å². The minimum atomic E-state index is 0.632. The molecule has 4 heteroatoms. The molecule has 0 atom stereocenters. The van der Waals surface area contributed by atoms with E-state index in [4.69, 9.17) is 4.98 Å². The zero-order valence-electron chi connectivity index (χ0n) is 12.6. The molecule has 1 aromatic carbocycles. The Kier molecular flexibility index (Phi) is 3.76. The topological polar surface area (TPSA) is 43.2 Å². The van der Waals surface area contributed by atoms with E-state index in [0.29, 0.717) is 11.6 Å². The molecule has 0 saturated carbocycles. The van der Waals surface area contributed by atoms with Gasteiger partial charge in [-0.15, -0.1) is 0 Å². The number of hydrogen-bond acceptors (Lipinski definition) is 4. The summed E-state index contributed by atoms with van der Waals surface area (Å²) < 4.78 is 0. The third-order valence-corrected chi connectivity index (χ3v) is 4.32. The van der Waals surface area contributed by atoms with Crippen LogP contribution in [-0.4, -0.2) is 43.1 Å². The summed E-state index contributed by atoms with van der Waals surface area (Å²) in [6, 6.07) is 12.9. The van der Waals surface area contributed by atoms with Crippen molar-refractivity contribution in [2.45, 2.75) is 18.9 Å². The Hall–Kier alpha value is -2.12. The van der Waals surface area contributed by atoms with Crippen LogP contribution in [0.1, 0.15) is 18.4 Å². The predicted octanol–water partition coefficient (Wildman–Crippen LogP) is 2.64. The molecule has 1 aromatic heterocycles. The lowest BCUT2D eigenvalue weighted by atomic mass is 10.0.